The van der Waals surface area contributed by atoms with Crippen molar-refractivity contribution >= 4 is 23.4 Å². The summed E-state index contributed by atoms with van der Waals surface area (Å²) >= 11 is 7.26. The number of hydrogen-bond acceptors (Lipinski definition) is 6. The summed E-state index contributed by atoms with van der Waals surface area (Å²) in [5.41, 5.74) is 1.92. The Kier molecular flexibility index (Phi) is 5.91. The van der Waals surface area contributed by atoms with E-state index >= 15 is 0 Å². The lowest BCUT2D eigenvalue weighted by molar-refractivity contribution is 0.126. The minimum atomic E-state index is -0.638. The first-order valence-electron chi connectivity index (χ1n) is 7.66. The molecule has 8 heteroatoms. The molecule has 0 saturated heterocycles. The number of thioether (sulfide) groups is 1. The summed E-state index contributed by atoms with van der Waals surface area (Å²) in [7, 11) is 0. The molecule has 1 N–H and O–H groups in total. The van der Waals surface area contributed by atoms with Crippen molar-refractivity contribution in [3.8, 4) is 11.4 Å². The van der Waals surface area contributed by atoms with Crippen LogP contribution < -0.4 is 4.74 Å². The van der Waals surface area contributed by atoms with Gasteiger partial charge in [0.1, 0.15) is 12.4 Å². The van der Waals surface area contributed by atoms with Crippen LogP contribution in [0.3, 0.4) is 0 Å². The second-order valence-electron chi connectivity index (χ2n) is 5.44. The number of halogens is 1. The van der Waals surface area contributed by atoms with E-state index in [-0.39, 0.29) is 6.61 Å². The summed E-state index contributed by atoms with van der Waals surface area (Å²) in [6.07, 6.45) is -0.638. The van der Waals surface area contributed by atoms with Crippen LogP contribution in [0.4, 0.5) is 0 Å². The van der Waals surface area contributed by atoms with Gasteiger partial charge in [-0.2, -0.15) is 4.68 Å². The molecule has 1 aromatic heterocycles. The van der Waals surface area contributed by atoms with E-state index in [9.17, 15) is 5.11 Å². The highest BCUT2D eigenvalue weighted by Gasteiger charge is 2.13. The van der Waals surface area contributed by atoms with Crippen molar-refractivity contribution in [1.82, 2.24) is 20.2 Å². The Balaban J connectivity index is 1.55. The smallest absolute Gasteiger partial charge is 0.214 e. The van der Waals surface area contributed by atoms with E-state index in [2.05, 4.69) is 15.5 Å². The average Bonchev–Trinajstić information content (AvgIpc) is 3.07. The van der Waals surface area contributed by atoms with Crippen LogP contribution >= 0.6 is 23.4 Å². The predicted octanol–water partition coefficient (Wildman–Crippen LogP) is 3.16. The number of ether oxygens (including phenoxy) is 1. The first kappa shape index (κ1) is 17.7. The first-order chi connectivity index (χ1) is 12.1. The summed E-state index contributed by atoms with van der Waals surface area (Å²) < 4.78 is 7.22. The minimum Gasteiger partial charge on any atom is -0.491 e. The van der Waals surface area contributed by atoms with Crippen molar-refractivity contribution in [2.75, 3.05) is 12.4 Å². The van der Waals surface area contributed by atoms with Crippen LogP contribution in [0.25, 0.3) is 5.69 Å². The molecule has 0 saturated carbocycles. The molecule has 0 aliphatic heterocycles. The topological polar surface area (TPSA) is 73.1 Å². The van der Waals surface area contributed by atoms with Crippen LogP contribution in [-0.4, -0.2) is 43.8 Å². The van der Waals surface area contributed by atoms with E-state index in [1.807, 2.05) is 43.3 Å². The van der Waals surface area contributed by atoms with Gasteiger partial charge >= 0.3 is 0 Å². The maximum atomic E-state index is 10.1. The van der Waals surface area contributed by atoms with Crippen molar-refractivity contribution in [2.45, 2.75) is 18.2 Å². The molecule has 0 aliphatic carbocycles. The standard InChI is InChI=1S/C17H17ClN4O2S/c1-12-3-2-4-16(9-12)24-10-15(23)11-25-17-19-20-21-22(17)14-7-5-13(18)6-8-14/h2-9,15,23H,10-11H2,1H3/t15-/m1/s1. The van der Waals surface area contributed by atoms with Gasteiger partial charge in [-0.3, -0.25) is 0 Å². The third kappa shape index (κ3) is 4.94. The van der Waals surface area contributed by atoms with Crippen molar-refractivity contribution in [3.63, 3.8) is 0 Å². The number of hydrogen-bond donors (Lipinski definition) is 1. The van der Waals surface area contributed by atoms with Gasteiger partial charge < -0.3 is 9.84 Å². The fourth-order valence-corrected chi connectivity index (χ4v) is 3.05. The molecule has 130 valence electrons. The van der Waals surface area contributed by atoms with Crippen molar-refractivity contribution in [2.24, 2.45) is 0 Å². The van der Waals surface area contributed by atoms with E-state index in [0.717, 1.165) is 17.0 Å². The fourth-order valence-electron chi connectivity index (χ4n) is 2.13. The van der Waals surface area contributed by atoms with Crippen LogP contribution in [0.1, 0.15) is 5.56 Å². The Morgan fingerprint density at radius 1 is 1.24 bits per heavy atom. The van der Waals surface area contributed by atoms with E-state index in [1.165, 1.54) is 11.8 Å². The van der Waals surface area contributed by atoms with Crippen LogP contribution in [0.5, 0.6) is 5.75 Å². The molecule has 1 heterocycles. The lowest BCUT2D eigenvalue weighted by Gasteiger charge is -2.12. The second-order valence-corrected chi connectivity index (χ2v) is 6.87. The zero-order valence-corrected chi connectivity index (χ0v) is 15.1. The summed E-state index contributed by atoms with van der Waals surface area (Å²) in [6, 6.07) is 14.9. The molecule has 0 fully saturated rings. The van der Waals surface area contributed by atoms with Crippen LogP contribution in [0, 0.1) is 6.92 Å². The quantitative estimate of drug-likeness (QED) is 0.638. The fraction of sp³-hybridized carbons (Fsp3) is 0.235. The molecular formula is C17H17ClN4O2S. The van der Waals surface area contributed by atoms with Gasteiger partial charge in [-0.05, 0) is 59.3 Å². The van der Waals surface area contributed by atoms with Crippen LogP contribution in [0.2, 0.25) is 5.02 Å². The number of tetrazole rings is 1. The number of rotatable bonds is 7. The number of aryl methyl sites for hydroxylation is 1. The molecule has 0 bridgehead atoms. The highest BCUT2D eigenvalue weighted by molar-refractivity contribution is 7.99. The highest BCUT2D eigenvalue weighted by atomic mass is 35.5. The van der Waals surface area contributed by atoms with Crippen molar-refractivity contribution in [3.05, 3.63) is 59.1 Å². The van der Waals surface area contributed by atoms with Gasteiger partial charge in [-0.15, -0.1) is 5.10 Å². The molecule has 1 atom stereocenters. The molecule has 25 heavy (non-hydrogen) atoms. The molecule has 0 aliphatic rings. The number of aliphatic hydroxyl groups excluding tert-OH is 1. The highest BCUT2D eigenvalue weighted by Crippen LogP contribution is 2.21. The molecule has 3 aromatic rings. The summed E-state index contributed by atoms with van der Waals surface area (Å²) in [4.78, 5) is 0. The van der Waals surface area contributed by atoms with Gasteiger partial charge in [-0.25, -0.2) is 0 Å². The molecule has 6 nitrogen and oxygen atoms in total. The van der Waals surface area contributed by atoms with E-state index in [1.54, 1.807) is 16.8 Å². The molecule has 0 amide bonds. The van der Waals surface area contributed by atoms with E-state index < -0.39 is 6.10 Å². The Morgan fingerprint density at radius 2 is 2.04 bits per heavy atom. The lowest BCUT2D eigenvalue weighted by Crippen LogP contribution is -2.20. The third-order valence-corrected chi connectivity index (χ3v) is 4.67. The predicted molar refractivity (Wildman–Crippen MR) is 97.6 cm³/mol. The normalized spacial score (nSPS) is 12.1. The number of aliphatic hydroxyl groups is 1. The molecule has 0 unspecified atom stereocenters. The zero-order chi connectivity index (χ0) is 17.6. The monoisotopic (exact) mass is 376 g/mol. The lowest BCUT2D eigenvalue weighted by atomic mass is 10.2. The van der Waals surface area contributed by atoms with Gasteiger partial charge in [0.05, 0.1) is 11.8 Å². The largest absolute Gasteiger partial charge is 0.491 e. The summed E-state index contributed by atoms with van der Waals surface area (Å²) in [6.45, 7) is 2.20. The maximum absolute atomic E-state index is 10.1. The van der Waals surface area contributed by atoms with Crippen LogP contribution in [0.15, 0.2) is 53.7 Å². The Bertz CT molecular complexity index is 826. The zero-order valence-electron chi connectivity index (χ0n) is 13.5. The summed E-state index contributed by atoms with van der Waals surface area (Å²) in [5.74, 6) is 1.16. The van der Waals surface area contributed by atoms with Gasteiger partial charge in [-0.1, -0.05) is 35.5 Å². The number of benzene rings is 2. The number of aromatic nitrogens is 4. The van der Waals surface area contributed by atoms with Crippen molar-refractivity contribution < 1.29 is 9.84 Å². The molecule has 3 rings (SSSR count). The van der Waals surface area contributed by atoms with Gasteiger partial charge in [0.2, 0.25) is 5.16 Å². The Morgan fingerprint density at radius 3 is 2.80 bits per heavy atom. The average molecular weight is 377 g/mol. The molecule has 2 aromatic carbocycles. The van der Waals surface area contributed by atoms with Gasteiger partial charge in [0, 0.05) is 10.8 Å². The van der Waals surface area contributed by atoms with Gasteiger partial charge in [0.25, 0.3) is 0 Å². The van der Waals surface area contributed by atoms with Gasteiger partial charge in [0.15, 0.2) is 0 Å². The van der Waals surface area contributed by atoms with E-state index in [4.69, 9.17) is 16.3 Å². The first-order valence-corrected chi connectivity index (χ1v) is 9.03. The van der Waals surface area contributed by atoms with Crippen LogP contribution in [-0.2, 0) is 0 Å². The van der Waals surface area contributed by atoms with E-state index in [0.29, 0.717) is 15.9 Å². The molecule has 0 spiro atoms. The Hall–Kier alpha value is -2.09. The minimum absolute atomic E-state index is 0.207. The maximum Gasteiger partial charge on any atom is 0.214 e. The SMILES string of the molecule is Cc1cccc(OC[C@@H](O)CSc2nnnn2-c2ccc(Cl)cc2)c1. The third-order valence-electron chi connectivity index (χ3n) is 3.35. The van der Waals surface area contributed by atoms with Crippen molar-refractivity contribution in [1.29, 1.82) is 0 Å². The Labute approximate surface area is 154 Å². The number of nitrogens with zero attached hydrogens (tertiary/aromatic N) is 4. The molecular weight excluding hydrogens is 360 g/mol. The molecule has 0 radical (unpaired) electrons. The second kappa shape index (κ2) is 8.33. The summed E-state index contributed by atoms with van der Waals surface area (Å²) in [5, 5.41) is 23.0.